The minimum absolute atomic E-state index is 0.989. The van der Waals surface area contributed by atoms with Crippen molar-refractivity contribution in [2.75, 3.05) is 13.1 Å². The SMILES string of the molecule is CCCNCCc1nnc(-c2cc3c(s2)CCCC3)s1. The number of aromatic nitrogens is 2. The Morgan fingerprint density at radius 2 is 2.05 bits per heavy atom. The average molecular weight is 307 g/mol. The highest BCUT2D eigenvalue weighted by atomic mass is 32.1. The second-order valence-electron chi connectivity index (χ2n) is 5.27. The molecule has 0 radical (unpaired) electrons. The molecule has 0 unspecified atom stereocenters. The van der Waals surface area contributed by atoms with Crippen LogP contribution in [0.15, 0.2) is 6.07 Å². The molecule has 2 aromatic rings. The number of rotatable bonds is 6. The van der Waals surface area contributed by atoms with Crippen LogP contribution in [0.2, 0.25) is 0 Å². The van der Waals surface area contributed by atoms with Gasteiger partial charge in [-0.15, -0.1) is 21.5 Å². The van der Waals surface area contributed by atoms with Gasteiger partial charge in [-0.3, -0.25) is 0 Å². The van der Waals surface area contributed by atoms with E-state index < -0.39 is 0 Å². The van der Waals surface area contributed by atoms with Gasteiger partial charge in [0.1, 0.15) is 5.01 Å². The van der Waals surface area contributed by atoms with Crippen molar-refractivity contribution in [2.45, 2.75) is 45.4 Å². The molecule has 0 fully saturated rings. The van der Waals surface area contributed by atoms with E-state index in [1.807, 2.05) is 11.3 Å². The molecule has 1 N–H and O–H groups in total. The average Bonchev–Trinajstić information content (AvgIpc) is 3.09. The molecule has 2 aromatic heterocycles. The highest BCUT2D eigenvalue weighted by molar-refractivity contribution is 7.21. The quantitative estimate of drug-likeness (QED) is 0.827. The van der Waals surface area contributed by atoms with Gasteiger partial charge in [0.25, 0.3) is 0 Å². The van der Waals surface area contributed by atoms with Gasteiger partial charge in [-0.25, -0.2) is 0 Å². The summed E-state index contributed by atoms with van der Waals surface area (Å²) in [5.41, 5.74) is 1.55. The molecule has 108 valence electrons. The monoisotopic (exact) mass is 307 g/mol. The molecule has 5 heteroatoms. The van der Waals surface area contributed by atoms with Gasteiger partial charge in [-0.1, -0.05) is 18.3 Å². The van der Waals surface area contributed by atoms with E-state index in [0.717, 1.165) is 29.5 Å². The molecule has 20 heavy (non-hydrogen) atoms. The molecule has 0 amide bonds. The fourth-order valence-corrected chi connectivity index (χ4v) is 4.68. The third-order valence-corrected chi connectivity index (χ3v) is 6.01. The summed E-state index contributed by atoms with van der Waals surface area (Å²) in [6.07, 6.45) is 7.36. The lowest BCUT2D eigenvalue weighted by atomic mass is 9.99. The maximum atomic E-state index is 4.38. The number of thiophene rings is 1. The topological polar surface area (TPSA) is 37.8 Å². The molecule has 0 spiro atoms. The van der Waals surface area contributed by atoms with Crippen LogP contribution in [-0.2, 0) is 19.3 Å². The van der Waals surface area contributed by atoms with E-state index in [-0.39, 0.29) is 0 Å². The van der Waals surface area contributed by atoms with E-state index in [9.17, 15) is 0 Å². The minimum atomic E-state index is 0.989. The van der Waals surface area contributed by atoms with Crippen LogP contribution in [0.25, 0.3) is 9.88 Å². The van der Waals surface area contributed by atoms with E-state index in [1.165, 1.54) is 37.0 Å². The van der Waals surface area contributed by atoms with Gasteiger partial charge in [0.2, 0.25) is 0 Å². The molecule has 3 rings (SSSR count). The van der Waals surface area contributed by atoms with Crippen molar-refractivity contribution in [3.63, 3.8) is 0 Å². The molecule has 0 saturated carbocycles. The summed E-state index contributed by atoms with van der Waals surface area (Å²) < 4.78 is 0. The molecule has 3 nitrogen and oxygen atoms in total. The summed E-state index contributed by atoms with van der Waals surface area (Å²) in [6, 6.07) is 2.35. The first-order valence-electron chi connectivity index (χ1n) is 7.52. The van der Waals surface area contributed by atoms with Gasteiger partial charge in [0.05, 0.1) is 4.88 Å². The highest BCUT2D eigenvalue weighted by Gasteiger charge is 2.16. The van der Waals surface area contributed by atoms with Gasteiger partial charge >= 0.3 is 0 Å². The Labute approximate surface area is 128 Å². The summed E-state index contributed by atoms with van der Waals surface area (Å²) in [5, 5.41) is 14.4. The Bertz CT molecular complexity index is 536. The van der Waals surface area contributed by atoms with Crippen molar-refractivity contribution in [2.24, 2.45) is 0 Å². The zero-order valence-electron chi connectivity index (χ0n) is 11.9. The van der Waals surface area contributed by atoms with Crippen molar-refractivity contribution in [1.29, 1.82) is 0 Å². The fraction of sp³-hybridized carbons (Fsp3) is 0.600. The number of fused-ring (bicyclic) bond motifs is 1. The largest absolute Gasteiger partial charge is 0.316 e. The van der Waals surface area contributed by atoms with Gasteiger partial charge < -0.3 is 5.32 Å². The van der Waals surface area contributed by atoms with E-state index in [2.05, 4.69) is 28.5 Å². The Balaban J connectivity index is 1.65. The molecular formula is C15H21N3S2. The molecule has 0 bridgehead atoms. The predicted octanol–water partition coefficient (Wildman–Crippen LogP) is 3.69. The third-order valence-electron chi connectivity index (χ3n) is 3.62. The zero-order valence-corrected chi connectivity index (χ0v) is 13.6. The highest BCUT2D eigenvalue weighted by Crippen LogP contribution is 2.36. The van der Waals surface area contributed by atoms with Crippen LogP contribution in [0.3, 0.4) is 0 Å². The summed E-state index contributed by atoms with van der Waals surface area (Å²) in [6.45, 7) is 4.28. The minimum Gasteiger partial charge on any atom is -0.316 e. The molecule has 0 saturated heterocycles. The lowest BCUT2D eigenvalue weighted by Crippen LogP contribution is -2.17. The van der Waals surface area contributed by atoms with Crippen molar-refractivity contribution in [3.05, 3.63) is 21.5 Å². The summed E-state index contributed by atoms with van der Waals surface area (Å²) in [7, 11) is 0. The van der Waals surface area contributed by atoms with Crippen molar-refractivity contribution in [3.8, 4) is 9.88 Å². The van der Waals surface area contributed by atoms with E-state index in [4.69, 9.17) is 0 Å². The second kappa shape index (κ2) is 6.78. The summed E-state index contributed by atoms with van der Waals surface area (Å²) in [4.78, 5) is 2.90. The Kier molecular flexibility index (Phi) is 4.81. The number of hydrogen-bond acceptors (Lipinski definition) is 5. The van der Waals surface area contributed by atoms with Gasteiger partial charge in [-0.2, -0.15) is 0 Å². The van der Waals surface area contributed by atoms with Crippen molar-refractivity contribution >= 4 is 22.7 Å². The number of hydrogen-bond donors (Lipinski definition) is 1. The van der Waals surface area contributed by atoms with Crippen LogP contribution in [0.1, 0.15) is 41.6 Å². The van der Waals surface area contributed by atoms with Crippen LogP contribution < -0.4 is 5.32 Å². The maximum Gasteiger partial charge on any atom is 0.157 e. The molecule has 2 heterocycles. The Hall–Kier alpha value is -0.780. The summed E-state index contributed by atoms with van der Waals surface area (Å²) >= 11 is 3.68. The molecule has 0 aromatic carbocycles. The van der Waals surface area contributed by atoms with E-state index in [0.29, 0.717) is 0 Å². The number of nitrogens with one attached hydrogen (secondary N) is 1. The molecular weight excluding hydrogens is 286 g/mol. The molecule has 1 aliphatic rings. The van der Waals surface area contributed by atoms with Crippen molar-refractivity contribution in [1.82, 2.24) is 15.5 Å². The smallest absolute Gasteiger partial charge is 0.157 e. The Morgan fingerprint density at radius 3 is 2.90 bits per heavy atom. The Morgan fingerprint density at radius 1 is 1.15 bits per heavy atom. The normalized spacial score (nSPS) is 14.4. The first-order chi connectivity index (χ1) is 9.86. The predicted molar refractivity (Wildman–Crippen MR) is 86.7 cm³/mol. The lowest BCUT2D eigenvalue weighted by molar-refractivity contribution is 0.668. The van der Waals surface area contributed by atoms with Gasteiger partial charge in [-0.05, 0) is 50.3 Å². The first kappa shape index (κ1) is 14.2. The van der Waals surface area contributed by atoms with E-state index >= 15 is 0 Å². The number of aryl methyl sites for hydroxylation is 2. The standard InChI is InChI=1S/C15H21N3S2/c1-2-8-16-9-7-14-17-18-15(20-14)13-10-11-5-3-4-6-12(11)19-13/h10,16H,2-9H2,1H3. The zero-order chi connectivity index (χ0) is 13.8. The van der Waals surface area contributed by atoms with Crippen LogP contribution >= 0.6 is 22.7 Å². The maximum absolute atomic E-state index is 4.38. The summed E-state index contributed by atoms with van der Waals surface area (Å²) in [5.74, 6) is 0. The number of nitrogens with zero attached hydrogens (tertiary/aromatic N) is 2. The van der Waals surface area contributed by atoms with Crippen LogP contribution in [0.5, 0.6) is 0 Å². The first-order valence-corrected chi connectivity index (χ1v) is 9.15. The molecule has 0 aliphatic heterocycles. The van der Waals surface area contributed by atoms with Crippen molar-refractivity contribution < 1.29 is 0 Å². The van der Waals surface area contributed by atoms with E-state index in [1.54, 1.807) is 21.8 Å². The van der Waals surface area contributed by atoms with Crippen LogP contribution in [0, 0.1) is 0 Å². The van der Waals surface area contributed by atoms with Crippen LogP contribution in [-0.4, -0.2) is 23.3 Å². The molecule has 0 atom stereocenters. The lowest BCUT2D eigenvalue weighted by Gasteiger charge is -2.08. The fourth-order valence-electron chi connectivity index (χ4n) is 2.55. The second-order valence-corrected chi connectivity index (χ2v) is 7.47. The van der Waals surface area contributed by atoms with Gasteiger partial charge in [0, 0.05) is 17.8 Å². The molecule has 1 aliphatic carbocycles. The van der Waals surface area contributed by atoms with Crippen LogP contribution in [0.4, 0.5) is 0 Å². The third kappa shape index (κ3) is 3.27. The van der Waals surface area contributed by atoms with Gasteiger partial charge in [0.15, 0.2) is 5.01 Å².